The molecule has 2 heterocycles. The van der Waals surface area contributed by atoms with Crippen molar-refractivity contribution < 1.29 is 22.4 Å². The SMILES string of the molecule is N#Cc1ccc(-n2cc(-c3ccc(CNC(=O)c4ccc5[nH]ncc5c4)c(F)c3)cn2)cc1C(F)(F)F. The number of carbonyl (C=O) groups is 1. The summed E-state index contributed by atoms with van der Waals surface area (Å²) in [6.45, 7) is -0.0426. The minimum atomic E-state index is -4.70. The van der Waals surface area contributed by atoms with Gasteiger partial charge in [-0.05, 0) is 48.0 Å². The molecule has 11 heteroatoms. The number of nitrogens with one attached hydrogen (secondary N) is 2. The Kier molecular flexibility index (Phi) is 5.93. The number of carbonyl (C=O) groups excluding carboxylic acids is 1. The average molecular weight is 504 g/mol. The maximum absolute atomic E-state index is 14.8. The van der Waals surface area contributed by atoms with Crippen molar-refractivity contribution in [1.82, 2.24) is 25.3 Å². The maximum atomic E-state index is 14.8. The smallest absolute Gasteiger partial charge is 0.348 e. The Morgan fingerprint density at radius 1 is 1.05 bits per heavy atom. The Morgan fingerprint density at radius 2 is 1.89 bits per heavy atom. The molecule has 0 fully saturated rings. The molecule has 0 radical (unpaired) electrons. The van der Waals surface area contributed by atoms with Gasteiger partial charge in [0.25, 0.3) is 5.91 Å². The predicted molar refractivity (Wildman–Crippen MR) is 126 cm³/mol. The van der Waals surface area contributed by atoms with Gasteiger partial charge in [0.05, 0.1) is 40.8 Å². The Bertz CT molecular complexity index is 1680. The molecule has 5 aromatic rings. The quantitative estimate of drug-likeness (QED) is 0.314. The molecular formula is C26H16F4N6O. The van der Waals surface area contributed by atoms with Gasteiger partial charge in [-0.3, -0.25) is 9.89 Å². The van der Waals surface area contributed by atoms with E-state index in [1.807, 2.05) is 0 Å². The fourth-order valence-corrected chi connectivity index (χ4v) is 3.85. The van der Waals surface area contributed by atoms with Crippen molar-refractivity contribution in [1.29, 1.82) is 5.26 Å². The van der Waals surface area contributed by atoms with Crippen LogP contribution in [0.5, 0.6) is 0 Å². The fraction of sp³-hybridized carbons (Fsp3) is 0.0769. The van der Waals surface area contributed by atoms with Crippen LogP contribution < -0.4 is 5.32 Å². The molecule has 0 aliphatic rings. The summed E-state index contributed by atoms with van der Waals surface area (Å²) < 4.78 is 55.9. The first-order chi connectivity index (χ1) is 17.7. The second-order valence-corrected chi connectivity index (χ2v) is 8.17. The largest absolute Gasteiger partial charge is 0.417 e. The average Bonchev–Trinajstić information content (AvgIpc) is 3.56. The van der Waals surface area contributed by atoms with Crippen LogP contribution >= 0.6 is 0 Å². The van der Waals surface area contributed by atoms with Gasteiger partial charge in [0.1, 0.15) is 5.82 Å². The number of nitrogens with zero attached hydrogens (tertiary/aromatic N) is 4. The molecule has 5 rings (SSSR count). The van der Waals surface area contributed by atoms with E-state index in [0.29, 0.717) is 16.7 Å². The lowest BCUT2D eigenvalue weighted by Crippen LogP contribution is -2.23. The second kappa shape index (κ2) is 9.23. The minimum absolute atomic E-state index is 0.0426. The van der Waals surface area contributed by atoms with Crippen molar-refractivity contribution in [3.63, 3.8) is 0 Å². The highest BCUT2D eigenvalue weighted by Crippen LogP contribution is 2.33. The minimum Gasteiger partial charge on any atom is -0.348 e. The van der Waals surface area contributed by atoms with E-state index < -0.39 is 23.1 Å². The highest BCUT2D eigenvalue weighted by atomic mass is 19.4. The first-order valence-corrected chi connectivity index (χ1v) is 10.9. The van der Waals surface area contributed by atoms with Crippen LogP contribution in [-0.4, -0.2) is 25.9 Å². The van der Waals surface area contributed by atoms with Crippen molar-refractivity contribution >= 4 is 16.8 Å². The van der Waals surface area contributed by atoms with E-state index in [-0.39, 0.29) is 23.7 Å². The summed E-state index contributed by atoms with van der Waals surface area (Å²) in [5, 5.41) is 23.2. The summed E-state index contributed by atoms with van der Waals surface area (Å²) in [6, 6.07) is 14.3. The van der Waals surface area contributed by atoms with Crippen LogP contribution in [0.25, 0.3) is 27.7 Å². The summed E-state index contributed by atoms with van der Waals surface area (Å²) in [7, 11) is 0. The molecule has 0 saturated carbocycles. The topological polar surface area (TPSA) is 99.4 Å². The van der Waals surface area contributed by atoms with Crippen molar-refractivity contribution in [3.05, 3.63) is 101 Å². The molecule has 0 aliphatic heterocycles. The van der Waals surface area contributed by atoms with Crippen LogP contribution in [0.3, 0.4) is 0 Å². The van der Waals surface area contributed by atoms with Gasteiger partial charge in [-0.25, -0.2) is 9.07 Å². The maximum Gasteiger partial charge on any atom is 0.417 e. The van der Waals surface area contributed by atoms with Crippen molar-refractivity contribution in [2.45, 2.75) is 12.7 Å². The van der Waals surface area contributed by atoms with E-state index in [9.17, 15) is 22.4 Å². The van der Waals surface area contributed by atoms with E-state index in [1.165, 1.54) is 41.3 Å². The van der Waals surface area contributed by atoms with Crippen molar-refractivity contribution in [2.24, 2.45) is 0 Å². The number of benzene rings is 3. The van der Waals surface area contributed by atoms with Gasteiger partial charge in [0, 0.05) is 34.8 Å². The molecule has 7 nitrogen and oxygen atoms in total. The molecular weight excluding hydrogens is 488 g/mol. The number of nitriles is 1. The van der Waals surface area contributed by atoms with Gasteiger partial charge in [0.15, 0.2) is 0 Å². The number of H-pyrrole nitrogens is 1. The zero-order valence-electron chi connectivity index (χ0n) is 18.8. The Balaban J connectivity index is 1.32. The van der Waals surface area contributed by atoms with Gasteiger partial charge < -0.3 is 5.32 Å². The molecule has 0 bridgehead atoms. The number of halogens is 4. The molecule has 0 atom stereocenters. The third-order valence-corrected chi connectivity index (χ3v) is 5.80. The van der Waals surface area contributed by atoms with E-state index in [0.717, 1.165) is 23.0 Å². The van der Waals surface area contributed by atoms with Crippen LogP contribution in [0, 0.1) is 17.1 Å². The number of aromatic amines is 1. The number of hydrogen-bond acceptors (Lipinski definition) is 4. The van der Waals surface area contributed by atoms with Crippen LogP contribution in [0.2, 0.25) is 0 Å². The van der Waals surface area contributed by atoms with E-state index in [2.05, 4.69) is 20.6 Å². The molecule has 0 unspecified atom stereocenters. The standard InChI is InChI=1S/C26H16F4N6O/c27-23-8-15(1-2-18(23)11-32-25(37)16-4-6-24-19(7-16)12-33-35-24)20-13-34-36(14-20)21-5-3-17(10-31)22(9-21)26(28,29)30/h1-9,12-14H,11H2,(H,32,37)(H,33,35). The predicted octanol–water partition coefficient (Wildman–Crippen LogP) is 5.38. The number of aromatic nitrogens is 4. The Hall–Kier alpha value is -4.98. The normalized spacial score (nSPS) is 11.4. The highest BCUT2D eigenvalue weighted by Gasteiger charge is 2.34. The zero-order chi connectivity index (χ0) is 26.2. The summed E-state index contributed by atoms with van der Waals surface area (Å²) in [5.74, 6) is -0.929. The van der Waals surface area contributed by atoms with E-state index >= 15 is 0 Å². The Labute approximate surface area is 207 Å². The Morgan fingerprint density at radius 3 is 2.65 bits per heavy atom. The van der Waals surface area contributed by atoms with Gasteiger partial charge in [0.2, 0.25) is 0 Å². The van der Waals surface area contributed by atoms with Crippen LogP contribution in [0.4, 0.5) is 17.6 Å². The highest BCUT2D eigenvalue weighted by molar-refractivity contribution is 5.97. The van der Waals surface area contributed by atoms with Gasteiger partial charge >= 0.3 is 6.18 Å². The number of amides is 1. The van der Waals surface area contributed by atoms with Gasteiger partial charge in [-0.1, -0.05) is 12.1 Å². The molecule has 0 aliphatic carbocycles. The summed E-state index contributed by atoms with van der Waals surface area (Å²) in [4.78, 5) is 12.5. The van der Waals surface area contributed by atoms with Crippen LogP contribution in [-0.2, 0) is 12.7 Å². The number of hydrogen-bond donors (Lipinski definition) is 2. The number of alkyl halides is 3. The third kappa shape index (κ3) is 4.77. The van der Waals surface area contributed by atoms with Crippen molar-refractivity contribution in [3.8, 4) is 22.9 Å². The number of rotatable bonds is 5. The number of fused-ring (bicyclic) bond motifs is 1. The molecule has 0 saturated heterocycles. The fourth-order valence-electron chi connectivity index (χ4n) is 3.85. The molecule has 3 aromatic carbocycles. The summed E-state index contributed by atoms with van der Waals surface area (Å²) in [5.41, 5.74) is 0.940. The molecule has 2 N–H and O–H groups in total. The van der Waals surface area contributed by atoms with Crippen LogP contribution in [0.15, 0.2) is 73.2 Å². The summed E-state index contributed by atoms with van der Waals surface area (Å²) in [6.07, 6.45) is -0.238. The van der Waals surface area contributed by atoms with Crippen LogP contribution in [0.1, 0.15) is 27.0 Å². The van der Waals surface area contributed by atoms with Gasteiger partial charge in [-0.2, -0.15) is 28.6 Å². The van der Waals surface area contributed by atoms with Gasteiger partial charge in [-0.15, -0.1) is 0 Å². The van der Waals surface area contributed by atoms with E-state index in [4.69, 9.17) is 5.26 Å². The van der Waals surface area contributed by atoms with E-state index in [1.54, 1.807) is 30.5 Å². The summed E-state index contributed by atoms with van der Waals surface area (Å²) >= 11 is 0. The second-order valence-electron chi connectivity index (χ2n) is 8.17. The lowest BCUT2D eigenvalue weighted by atomic mass is 10.1. The first kappa shape index (κ1) is 23.7. The first-order valence-electron chi connectivity index (χ1n) is 10.9. The monoisotopic (exact) mass is 504 g/mol. The lowest BCUT2D eigenvalue weighted by Gasteiger charge is -2.10. The molecule has 1 amide bonds. The molecule has 37 heavy (non-hydrogen) atoms. The van der Waals surface area contributed by atoms with Crippen molar-refractivity contribution in [2.75, 3.05) is 0 Å². The molecule has 184 valence electrons. The molecule has 0 spiro atoms. The zero-order valence-corrected chi connectivity index (χ0v) is 18.8. The third-order valence-electron chi connectivity index (χ3n) is 5.80. The lowest BCUT2D eigenvalue weighted by molar-refractivity contribution is -0.137. The molecule has 2 aromatic heterocycles.